The lowest BCUT2D eigenvalue weighted by Gasteiger charge is -2.18. The van der Waals surface area contributed by atoms with Gasteiger partial charge in [-0.1, -0.05) is 0 Å². The largest absolute Gasteiger partial charge is 0.480 e. The van der Waals surface area contributed by atoms with Gasteiger partial charge in [0.1, 0.15) is 0 Å². The van der Waals surface area contributed by atoms with Crippen LogP contribution in [0, 0.1) is 0 Å². The van der Waals surface area contributed by atoms with Crippen molar-refractivity contribution in [2.24, 2.45) is 0 Å². The van der Waals surface area contributed by atoms with Gasteiger partial charge in [-0.15, -0.1) is 0 Å². The van der Waals surface area contributed by atoms with E-state index in [2.05, 4.69) is 4.98 Å². The van der Waals surface area contributed by atoms with Gasteiger partial charge in [0.2, 0.25) is 0 Å². The lowest BCUT2D eigenvalue weighted by molar-refractivity contribution is -0.142. The summed E-state index contributed by atoms with van der Waals surface area (Å²) in [6.45, 7) is 2.29. The summed E-state index contributed by atoms with van der Waals surface area (Å²) in [6, 6.07) is 0. The first-order valence-corrected chi connectivity index (χ1v) is 5.18. The van der Waals surface area contributed by atoms with Crippen LogP contribution in [0.25, 0.3) is 0 Å². The molecule has 0 spiro atoms. The van der Waals surface area contributed by atoms with Crippen molar-refractivity contribution in [3.8, 4) is 0 Å². The van der Waals surface area contributed by atoms with E-state index in [-0.39, 0.29) is 19.6 Å². The normalized spacial score (nSPS) is 10.7. The lowest BCUT2D eigenvalue weighted by atomic mass is 10.3. The molecule has 0 saturated carbocycles. The van der Waals surface area contributed by atoms with Crippen LogP contribution in [0.3, 0.4) is 0 Å². The summed E-state index contributed by atoms with van der Waals surface area (Å²) in [5.74, 6) is -2.09. The highest BCUT2D eigenvalue weighted by Gasteiger charge is 2.15. The summed E-state index contributed by atoms with van der Waals surface area (Å²) in [5.41, 5.74) is 0.801. The molecule has 1 heterocycles. The van der Waals surface area contributed by atoms with Crippen molar-refractivity contribution < 1.29 is 19.8 Å². The van der Waals surface area contributed by atoms with Crippen LogP contribution in [0.5, 0.6) is 0 Å². The number of imidazole rings is 1. The lowest BCUT2D eigenvalue weighted by Crippen LogP contribution is -2.34. The third-order valence-corrected chi connectivity index (χ3v) is 2.24. The molecule has 1 aromatic heterocycles. The van der Waals surface area contributed by atoms with Gasteiger partial charge in [0.25, 0.3) is 0 Å². The molecule has 0 atom stereocenters. The van der Waals surface area contributed by atoms with E-state index < -0.39 is 11.9 Å². The number of rotatable bonds is 7. The maximum atomic E-state index is 10.6. The average molecular weight is 241 g/mol. The number of carboxylic acid groups (broad SMARTS) is 2. The van der Waals surface area contributed by atoms with E-state index in [0.29, 0.717) is 6.54 Å². The van der Waals surface area contributed by atoms with Gasteiger partial charge in [-0.2, -0.15) is 0 Å². The Kier molecular flexibility index (Phi) is 4.65. The zero-order chi connectivity index (χ0) is 12.8. The number of hydrogen-bond acceptors (Lipinski definition) is 4. The number of nitrogens with zero attached hydrogens (tertiary/aromatic N) is 3. The molecular weight excluding hydrogens is 226 g/mol. The summed E-state index contributed by atoms with van der Waals surface area (Å²) in [4.78, 5) is 26.5. The molecule has 0 amide bonds. The van der Waals surface area contributed by atoms with Crippen molar-refractivity contribution in [3.05, 3.63) is 18.2 Å². The number of aliphatic carboxylic acids is 2. The van der Waals surface area contributed by atoms with E-state index in [4.69, 9.17) is 10.2 Å². The topological polar surface area (TPSA) is 95.7 Å². The summed E-state index contributed by atoms with van der Waals surface area (Å²) >= 11 is 0. The van der Waals surface area contributed by atoms with Gasteiger partial charge in [0.05, 0.1) is 25.1 Å². The zero-order valence-electron chi connectivity index (χ0n) is 9.54. The number of aryl methyl sites for hydroxylation is 1. The first-order chi connectivity index (χ1) is 8.02. The van der Waals surface area contributed by atoms with Gasteiger partial charge in [0, 0.05) is 19.3 Å². The van der Waals surface area contributed by atoms with Crippen LogP contribution in [-0.4, -0.2) is 49.7 Å². The molecule has 1 rings (SSSR count). The van der Waals surface area contributed by atoms with E-state index in [1.54, 1.807) is 12.5 Å². The standard InChI is InChI=1S/C10H15N3O4/c1-2-13-7-11-3-8(13)4-12(5-9(14)15)6-10(16)17/h3,7H,2,4-6H2,1H3,(H,14,15)(H,16,17). The quantitative estimate of drug-likeness (QED) is 0.690. The predicted molar refractivity (Wildman–Crippen MR) is 58.4 cm³/mol. The monoisotopic (exact) mass is 241 g/mol. The predicted octanol–water partition coefficient (Wildman–Crippen LogP) is -0.126. The molecule has 1 aromatic rings. The molecule has 0 aliphatic rings. The first kappa shape index (κ1) is 13.2. The molecule has 0 saturated heterocycles. The van der Waals surface area contributed by atoms with Crippen molar-refractivity contribution in [1.82, 2.24) is 14.5 Å². The number of carboxylic acids is 2. The maximum Gasteiger partial charge on any atom is 0.317 e. The number of carbonyl (C=O) groups is 2. The van der Waals surface area contributed by atoms with Gasteiger partial charge in [0.15, 0.2) is 0 Å². The maximum absolute atomic E-state index is 10.6. The third kappa shape index (κ3) is 4.23. The molecule has 94 valence electrons. The molecule has 0 aliphatic carbocycles. The number of aromatic nitrogens is 2. The molecule has 0 fully saturated rings. The fourth-order valence-corrected chi connectivity index (χ4v) is 1.54. The minimum Gasteiger partial charge on any atom is -0.480 e. The molecule has 2 N–H and O–H groups in total. The van der Waals surface area contributed by atoms with Crippen LogP contribution < -0.4 is 0 Å². The van der Waals surface area contributed by atoms with Crippen LogP contribution >= 0.6 is 0 Å². The molecule has 0 aromatic carbocycles. The van der Waals surface area contributed by atoms with Crippen molar-refractivity contribution in [3.63, 3.8) is 0 Å². The molecule has 17 heavy (non-hydrogen) atoms. The molecule has 7 nitrogen and oxygen atoms in total. The fraction of sp³-hybridized carbons (Fsp3) is 0.500. The second kappa shape index (κ2) is 6.00. The van der Waals surface area contributed by atoms with E-state index in [0.717, 1.165) is 5.69 Å². The second-order valence-corrected chi connectivity index (χ2v) is 3.60. The van der Waals surface area contributed by atoms with E-state index in [1.807, 2.05) is 11.5 Å². The van der Waals surface area contributed by atoms with E-state index in [1.165, 1.54) is 4.90 Å². The zero-order valence-corrected chi connectivity index (χ0v) is 9.54. The highest BCUT2D eigenvalue weighted by molar-refractivity contribution is 5.72. The van der Waals surface area contributed by atoms with Crippen LogP contribution in [-0.2, 0) is 22.7 Å². The average Bonchev–Trinajstić information content (AvgIpc) is 2.62. The molecule has 0 bridgehead atoms. The smallest absolute Gasteiger partial charge is 0.317 e. The van der Waals surface area contributed by atoms with E-state index in [9.17, 15) is 9.59 Å². The summed E-state index contributed by atoms with van der Waals surface area (Å²) in [5, 5.41) is 17.4. The summed E-state index contributed by atoms with van der Waals surface area (Å²) < 4.78 is 1.84. The Bertz CT molecular complexity index is 386. The molecule has 0 aliphatic heterocycles. The first-order valence-electron chi connectivity index (χ1n) is 5.18. The summed E-state index contributed by atoms with van der Waals surface area (Å²) in [6.07, 6.45) is 3.25. The van der Waals surface area contributed by atoms with Gasteiger partial charge < -0.3 is 14.8 Å². The van der Waals surface area contributed by atoms with Gasteiger partial charge >= 0.3 is 11.9 Å². The second-order valence-electron chi connectivity index (χ2n) is 3.60. The van der Waals surface area contributed by atoms with Crippen LogP contribution in [0.2, 0.25) is 0 Å². The SMILES string of the molecule is CCn1cncc1CN(CC(=O)O)CC(=O)O. The van der Waals surface area contributed by atoms with Gasteiger partial charge in [-0.25, -0.2) is 4.98 Å². The van der Waals surface area contributed by atoms with Crippen LogP contribution in [0.1, 0.15) is 12.6 Å². The van der Waals surface area contributed by atoms with Gasteiger partial charge in [-0.05, 0) is 6.92 Å². The van der Waals surface area contributed by atoms with E-state index >= 15 is 0 Å². The molecule has 7 heteroatoms. The molecule has 0 unspecified atom stereocenters. The third-order valence-electron chi connectivity index (χ3n) is 2.24. The van der Waals surface area contributed by atoms with Crippen molar-refractivity contribution >= 4 is 11.9 Å². The van der Waals surface area contributed by atoms with Crippen LogP contribution in [0.15, 0.2) is 12.5 Å². The van der Waals surface area contributed by atoms with Crippen molar-refractivity contribution in [2.45, 2.75) is 20.0 Å². The fourth-order valence-electron chi connectivity index (χ4n) is 1.54. The Morgan fingerprint density at radius 1 is 1.35 bits per heavy atom. The van der Waals surface area contributed by atoms with Gasteiger partial charge in [-0.3, -0.25) is 14.5 Å². The number of hydrogen-bond donors (Lipinski definition) is 2. The Morgan fingerprint density at radius 3 is 2.41 bits per heavy atom. The Hall–Kier alpha value is -1.89. The van der Waals surface area contributed by atoms with Crippen molar-refractivity contribution in [1.29, 1.82) is 0 Å². The minimum absolute atomic E-state index is 0.256. The summed E-state index contributed by atoms with van der Waals surface area (Å²) in [7, 11) is 0. The van der Waals surface area contributed by atoms with Crippen molar-refractivity contribution in [2.75, 3.05) is 13.1 Å². The Balaban J connectivity index is 2.71. The molecule has 0 radical (unpaired) electrons. The Labute approximate surface area is 98.3 Å². The minimum atomic E-state index is -1.05. The molecular formula is C10H15N3O4. The van der Waals surface area contributed by atoms with Crippen LogP contribution in [0.4, 0.5) is 0 Å². The Morgan fingerprint density at radius 2 is 1.94 bits per heavy atom. The highest BCUT2D eigenvalue weighted by atomic mass is 16.4. The highest BCUT2D eigenvalue weighted by Crippen LogP contribution is 2.04.